The molecule has 1 aliphatic carbocycles. The van der Waals surface area contributed by atoms with E-state index in [4.69, 9.17) is 9.47 Å². The van der Waals surface area contributed by atoms with E-state index in [1.807, 2.05) is 18.3 Å². The summed E-state index contributed by atoms with van der Waals surface area (Å²) in [6.07, 6.45) is 7.34. The van der Waals surface area contributed by atoms with Crippen LogP contribution in [-0.2, 0) is 4.79 Å². The monoisotopic (exact) mass is 330 g/mol. The molecule has 1 aliphatic heterocycles. The van der Waals surface area contributed by atoms with E-state index >= 15 is 0 Å². The Hall–Kier alpha value is -2.04. The smallest absolute Gasteiger partial charge is 0.314 e. The largest absolute Gasteiger partial charge is 0.493 e. The number of esters is 1. The molecule has 1 aromatic rings. The molecule has 5 nitrogen and oxygen atoms in total. The fourth-order valence-corrected chi connectivity index (χ4v) is 3.13. The number of carbonyl (C=O) groups is 1. The molecule has 0 bridgehead atoms. The highest BCUT2D eigenvalue weighted by Gasteiger charge is 2.32. The zero-order valence-corrected chi connectivity index (χ0v) is 14.7. The fourth-order valence-electron chi connectivity index (χ4n) is 3.13. The summed E-state index contributed by atoms with van der Waals surface area (Å²) < 4.78 is 10.8. The second-order valence-electron chi connectivity index (χ2n) is 6.86. The van der Waals surface area contributed by atoms with Crippen LogP contribution in [0.4, 0.5) is 0 Å². The van der Waals surface area contributed by atoms with Crippen molar-refractivity contribution in [2.24, 2.45) is 11.0 Å². The quantitative estimate of drug-likeness (QED) is 0.470. The van der Waals surface area contributed by atoms with Crippen molar-refractivity contribution < 1.29 is 14.3 Å². The van der Waals surface area contributed by atoms with Gasteiger partial charge in [0.25, 0.3) is 0 Å². The second-order valence-corrected chi connectivity index (χ2v) is 6.86. The van der Waals surface area contributed by atoms with Crippen molar-refractivity contribution in [1.29, 1.82) is 0 Å². The van der Waals surface area contributed by atoms with Crippen LogP contribution in [0.1, 0.15) is 51.5 Å². The Morgan fingerprint density at radius 3 is 2.50 bits per heavy atom. The summed E-state index contributed by atoms with van der Waals surface area (Å²) in [4.78, 5) is 11.8. The average molecular weight is 330 g/mol. The molecule has 3 rings (SSSR count). The fraction of sp³-hybridized carbons (Fsp3) is 0.579. The van der Waals surface area contributed by atoms with Crippen molar-refractivity contribution in [1.82, 2.24) is 5.01 Å². The van der Waals surface area contributed by atoms with Crippen molar-refractivity contribution in [2.45, 2.75) is 58.0 Å². The summed E-state index contributed by atoms with van der Waals surface area (Å²) in [5, 5.41) is 6.84. The lowest BCUT2D eigenvalue weighted by molar-refractivity contribution is -0.135. The molecule has 1 saturated carbocycles. The molecule has 2 aliphatic rings. The number of hydrogen-bond acceptors (Lipinski definition) is 5. The Morgan fingerprint density at radius 2 is 1.88 bits per heavy atom. The topological polar surface area (TPSA) is 51.1 Å². The molecule has 2 atom stereocenters. The van der Waals surface area contributed by atoms with E-state index in [0.29, 0.717) is 23.6 Å². The van der Waals surface area contributed by atoms with Crippen LogP contribution in [0.5, 0.6) is 11.5 Å². The lowest BCUT2D eigenvalue weighted by atomic mass is 10.00. The predicted octanol–water partition coefficient (Wildman–Crippen LogP) is 3.61. The van der Waals surface area contributed by atoms with Crippen molar-refractivity contribution in [3.8, 4) is 11.5 Å². The van der Waals surface area contributed by atoms with E-state index in [1.54, 1.807) is 13.2 Å². The van der Waals surface area contributed by atoms with Crippen molar-refractivity contribution in [2.75, 3.05) is 7.11 Å². The number of hydrogen-bond donors (Lipinski definition) is 0. The van der Waals surface area contributed by atoms with Crippen LogP contribution in [0.2, 0.25) is 0 Å². The standard InChI is InChI=1S/C19H26N2O3/c1-13-5-4-6-14(2)21(13)20-12-15-7-10-17(18(11-15)23-3)24-19(22)16-8-9-16/h7,10-14,16H,4-6,8-9H2,1-3H3/b20-12-/t13-,14-/m1/s1. The number of rotatable bonds is 5. The number of nitrogens with zero attached hydrogens (tertiary/aromatic N) is 2. The van der Waals surface area contributed by atoms with Gasteiger partial charge in [-0.25, -0.2) is 0 Å². The summed E-state index contributed by atoms with van der Waals surface area (Å²) >= 11 is 0. The van der Waals surface area contributed by atoms with Gasteiger partial charge in [-0.2, -0.15) is 5.10 Å². The van der Waals surface area contributed by atoms with Crippen molar-refractivity contribution in [3.05, 3.63) is 23.8 Å². The van der Waals surface area contributed by atoms with Gasteiger partial charge in [-0.3, -0.25) is 9.80 Å². The number of piperidine rings is 1. The minimum atomic E-state index is -0.161. The van der Waals surface area contributed by atoms with Crippen LogP contribution >= 0.6 is 0 Å². The van der Waals surface area contributed by atoms with E-state index in [9.17, 15) is 4.79 Å². The molecule has 0 radical (unpaired) electrons. The summed E-state index contributed by atoms with van der Waals surface area (Å²) in [5.74, 6) is 0.947. The summed E-state index contributed by atoms with van der Waals surface area (Å²) in [6.45, 7) is 4.43. The molecule has 130 valence electrons. The van der Waals surface area contributed by atoms with Gasteiger partial charge < -0.3 is 9.47 Å². The van der Waals surface area contributed by atoms with Crippen molar-refractivity contribution >= 4 is 12.2 Å². The van der Waals surface area contributed by atoms with Crippen molar-refractivity contribution in [3.63, 3.8) is 0 Å². The molecule has 2 fully saturated rings. The van der Waals surface area contributed by atoms with E-state index in [-0.39, 0.29) is 11.9 Å². The molecule has 0 N–H and O–H groups in total. The van der Waals surface area contributed by atoms with Gasteiger partial charge in [-0.1, -0.05) is 0 Å². The Labute approximate surface area is 143 Å². The second kappa shape index (κ2) is 7.24. The average Bonchev–Trinajstić information content (AvgIpc) is 3.40. The van der Waals surface area contributed by atoms with E-state index in [2.05, 4.69) is 24.0 Å². The summed E-state index contributed by atoms with van der Waals surface area (Å²) in [5.41, 5.74) is 0.933. The maximum absolute atomic E-state index is 11.8. The summed E-state index contributed by atoms with van der Waals surface area (Å²) in [6, 6.07) is 6.47. The Morgan fingerprint density at radius 1 is 1.17 bits per heavy atom. The first-order valence-corrected chi connectivity index (χ1v) is 8.80. The maximum Gasteiger partial charge on any atom is 0.314 e. The molecule has 1 heterocycles. The van der Waals surface area contributed by atoms with Crippen LogP contribution < -0.4 is 9.47 Å². The minimum absolute atomic E-state index is 0.0676. The third-order valence-electron chi connectivity index (χ3n) is 4.80. The molecule has 1 aromatic carbocycles. The van der Waals surface area contributed by atoms with E-state index in [1.165, 1.54) is 19.3 Å². The molecule has 0 amide bonds. The van der Waals surface area contributed by atoms with Crippen LogP contribution in [0.15, 0.2) is 23.3 Å². The number of ether oxygens (including phenoxy) is 2. The normalized spacial score (nSPS) is 24.2. The van der Waals surface area contributed by atoms with E-state index in [0.717, 1.165) is 18.4 Å². The highest BCUT2D eigenvalue weighted by atomic mass is 16.6. The Bertz CT molecular complexity index is 615. The highest BCUT2D eigenvalue weighted by molar-refractivity contribution is 5.82. The SMILES string of the molecule is COc1cc(/C=N\N2[C@H](C)CCC[C@H]2C)ccc1OC(=O)C1CC1. The number of benzene rings is 1. The third-order valence-corrected chi connectivity index (χ3v) is 4.80. The molecule has 0 spiro atoms. The lowest BCUT2D eigenvalue weighted by Gasteiger charge is -2.36. The molecule has 0 unspecified atom stereocenters. The van der Waals surface area contributed by atoms with Gasteiger partial charge in [0, 0.05) is 12.1 Å². The first kappa shape index (κ1) is 16.8. The zero-order valence-electron chi connectivity index (χ0n) is 14.7. The number of carbonyl (C=O) groups excluding carboxylic acids is 1. The molecule has 24 heavy (non-hydrogen) atoms. The molecule has 1 saturated heterocycles. The first-order valence-electron chi connectivity index (χ1n) is 8.80. The Balaban J connectivity index is 1.71. The third kappa shape index (κ3) is 3.89. The van der Waals surface area contributed by atoms with Crippen LogP contribution in [-0.4, -0.2) is 36.4 Å². The molecular formula is C19H26N2O3. The van der Waals surface area contributed by atoms with Gasteiger partial charge >= 0.3 is 5.97 Å². The lowest BCUT2D eigenvalue weighted by Crippen LogP contribution is -2.39. The zero-order chi connectivity index (χ0) is 17.1. The number of hydrazone groups is 1. The highest BCUT2D eigenvalue weighted by Crippen LogP contribution is 2.34. The van der Waals surface area contributed by atoms with Crippen LogP contribution in [0.3, 0.4) is 0 Å². The van der Waals surface area contributed by atoms with Crippen LogP contribution in [0.25, 0.3) is 0 Å². The Kier molecular flexibility index (Phi) is 5.07. The molecule has 5 heteroatoms. The molecular weight excluding hydrogens is 304 g/mol. The van der Waals surface area contributed by atoms with Gasteiger partial charge in [0.05, 0.1) is 19.2 Å². The predicted molar refractivity (Wildman–Crippen MR) is 93.6 cm³/mol. The van der Waals surface area contributed by atoms with Gasteiger partial charge in [-0.05, 0) is 69.7 Å². The minimum Gasteiger partial charge on any atom is -0.493 e. The maximum atomic E-state index is 11.8. The van der Waals surface area contributed by atoms with E-state index < -0.39 is 0 Å². The van der Waals surface area contributed by atoms with Crippen LogP contribution in [0, 0.1) is 5.92 Å². The van der Waals surface area contributed by atoms with Gasteiger partial charge in [-0.15, -0.1) is 0 Å². The summed E-state index contributed by atoms with van der Waals surface area (Å²) in [7, 11) is 1.58. The van der Waals surface area contributed by atoms with Gasteiger partial charge in [0.15, 0.2) is 11.5 Å². The number of methoxy groups -OCH3 is 1. The molecule has 0 aromatic heterocycles. The van der Waals surface area contributed by atoms with Gasteiger partial charge in [0.1, 0.15) is 0 Å². The first-order chi connectivity index (χ1) is 11.6. The van der Waals surface area contributed by atoms with Gasteiger partial charge in [0.2, 0.25) is 0 Å².